The van der Waals surface area contributed by atoms with Crippen LogP contribution in [0.1, 0.15) is 96.8 Å². The Morgan fingerprint density at radius 2 is 1.00 bits per heavy atom. The van der Waals surface area contributed by atoms with Crippen LogP contribution in [0, 0.1) is 0 Å². The van der Waals surface area contributed by atoms with Gasteiger partial charge in [-0.3, -0.25) is 9.59 Å². The number of unbranched alkanes of at least 4 members (excludes halogenated alkanes) is 12. The van der Waals surface area contributed by atoms with Crippen LogP contribution < -0.4 is 0 Å². The third-order valence-corrected chi connectivity index (χ3v) is 3.95. The van der Waals surface area contributed by atoms with Gasteiger partial charge < -0.3 is 5.11 Å². The lowest BCUT2D eigenvalue weighted by Crippen LogP contribution is -2.22. The second-order valence-corrected chi connectivity index (χ2v) is 6.05. The minimum atomic E-state index is -1.64. The fourth-order valence-corrected chi connectivity index (χ4v) is 2.54. The molecule has 0 aliphatic rings. The van der Waals surface area contributed by atoms with Crippen molar-refractivity contribution < 1.29 is 19.5 Å². The molecule has 0 radical (unpaired) electrons. The molecule has 1 N–H and O–H groups in total. The van der Waals surface area contributed by atoms with Crippen molar-refractivity contribution in [2.24, 2.45) is 0 Å². The maximum absolute atomic E-state index is 11.2. The molecule has 0 aliphatic carbocycles. The lowest BCUT2D eigenvalue weighted by molar-refractivity contribution is -0.152. The first-order valence-electron chi connectivity index (χ1n) is 8.90. The summed E-state index contributed by atoms with van der Waals surface area (Å²) in [5.74, 6) is -3.69. The molecule has 128 valence electrons. The number of carboxylic acids is 1. The van der Waals surface area contributed by atoms with E-state index in [0.29, 0.717) is 6.42 Å². The molecule has 4 nitrogen and oxygen atoms in total. The van der Waals surface area contributed by atoms with E-state index in [2.05, 4.69) is 6.92 Å². The van der Waals surface area contributed by atoms with E-state index in [9.17, 15) is 14.4 Å². The maximum atomic E-state index is 11.2. The number of rotatable bonds is 16. The molecule has 0 atom stereocenters. The quantitative estimate of drug-likeness (QED) is 0.255. The summed E-state index contributed by atoms with van der Waals surface area (Å²) in [6.45, 7) is 2.24. The smallest absolute Gasteiger partial charge is 0.380 e. The van der Waals surface area contributed by atoms with Crippen molar-refractivity contribution in [1.29, 1.82) is 0 Å². The van der Waals surface area contributed by atoms with E-state index in [4.69, 9.17) is 5.11 Å². The van der Waals surface area contributed by atoms with Crippen LogP contribution in [0.5, 0.6) is 0 Å². The van der Waals surface area contributed by atoms with Crippen molar-refractivity contribution in [3.63, 3.8) is 0 Å². The predicted octanol–water partition coefficient (Wildman–Crippen LogP) is 4.69. The Kier molecular flexibility index (Phi) is 13.9. The number of ketones is 2. The van der Waals surface area contributed by atoms with Gasteiger partial charge in [-0.25, -0.2) is 4.79 Å². The normalized spacial score (nSPS) is 10.6. The maximum Gasteiger partial charge on any atom is 0.380 e. The van der Waals surface area contributed by atoms with E-state index in [1.54, 1.807) is 0 Å². The molecule has 22 heavy (non-hydrogen) atoms. The molecule has 0 heterocycles. The number of aliphatic carboxylic acids is 1. The van der Waals surface area contributed by atoms with Gasteiger partial charge in [-0.05, 0) is 6.42 Å². The van der Waals surface area contributed by atoms with E-state index in [1.807, 2.05) is 0 Å². The number of carboxylic acid groups (broad SMARTS) is 1. The number of hydrogen-bond acceptors (Lipinski definition) is 3. The van der Waals surface area contributed by atoms with Crippen LogP contribution in [0.25, 0.3) is 0 Å². The highest BCUT2D eigenvalue weighted by Gasteiger charge is 2.20. The molecule has 0 saturated heterocycles. The van der Waals surface area contributed by atoms with Crippen molar-refractivity contribution in [2.45, 2.75) is 96.8 Å². The van der Waals surface area contributed by atoms with Gasteiger partial charge in [0.05, 0.1) is 0 Å². The minimum absolute atomic E-state index is 0.0723. The fourth-order valence-electron chi connectivity index (χ4n) is 2.54. The van der Waals surface area contributed by atoms with Crippen LogP contribution >= 0.6 is 0 Å². The monoisotopic (exact) mass is 312 g/mol. The SMILES string of the molecule is CCCCCCCCCCCCCCCC(=O)C(=O)C(=O)O. The van der Waals surface area contributed by atoms with Crippen LogP contribution in [0.2, 0.25) is 0 Å². The summed E-state index contributed by atoms with van der Waals surface area (Å²) < 4.78 is 0. The standard InChI is InChI=1S/C18H32O4/c1-2-3-4-5-6-7-8-9-10-11-12-13-14-15-16(19)17(20)18(21)22/h2-15H2,1H3,(H,21,22). The third kappa shape index (κ3) is 12.5. The summed E-state index contributed by atoms with van der Waals surface area (Å²) in [5.41, 5.74) is 0. The highest BCUT2D eigenvalue weighted by Crippen LogP contribution is 2.13. The Morgan fingerprint density at radius 1 is 0.636 bits per heavy atom. The zero-order valence-corrected chi connectivity index (χ0v) is 14.1. The van der Waals surface area contributed by atoms with E-state index in [0.717, 1.165) is 19.3 Å². The van der Waals surface area contributed by atoms with Gasteiger partial charge in [0.2, 0.25) is 5.78 Å². The zero-order valence-electron chi connectivity index (χ0n) is 14.1. The van der Waals surface area contributed by atoms with Crippen molar-refractivity contribution >= 4 is 17.5 Å². The van der Waals surface area contributed by atoms with Gasteiger partial charge in [-0.1, -0.05) is 84.0 Å². The van der Waals surface area contributed by atoms with Crippen molar-refractivity contribution in [2.75, 3.05) is 0 Å². The average Bonchev–Trinajstić information content (AvgIpc) is 2.50. The average molecular weight is 312 g/mol. The molecule has 0 unspecified atom stereocenters. The van der Waals surface area contributed by atoms with E-state index in [1.165, 1.54) is 57.8 Å². The molecule has 0 saturated carbocycles. The zero-order chi connectivity index (χ0) is 16.6. The lowest BCUT2D eigenvalue weighted by Gasteiger charge is -2.02. The number of carbonyl (C=O) groups excluding carboxylic acids is 2. The summed E-state index contributed by atoms with van der Waals surface area (Å²) in [5, 5.41) is 8.39. The molecule has 0 aromatic carbocycles. The van der Waals surface area contributed by atoms with Gasteiger partial charge >= 0.3 is 11.8 Å². The Morgan fingerprint density at radius 3 is 1.36 bits per heavy atom. The molecular formula is C18H32O4. The molecule has 0 bridgehead atoms. The highest BCUT2D eigenvalue weighted by molar-refractivity contribution is 6.61. The van der Waals surface area contributed by atoms with Crippen LogP contribution in [0.4, 0.5) is 0 Å². The largest absolute Gasteiger partial charge is 0.475 e. The first kappa shape index (κ1) is 20.8. The van der Waals surface area contributed by atoms with Gasteiger partial charge in [0.25, 0.3) is 0 Å². The highest BCUT2D eigenvalue weighted by atomic mass is 16.4. The van der Waals surface area contributed by atoms with Crippen LogP contribution in [-0.2, 0) is 14.4 Å². The molecule has 0 amide bonds. The minimum Gasteiger partial charge on any atom is -0.475 e. The molecule has 0 aliphatic heterocycles. The van der Waals surface area contributed by atoms with Crippen molar-refractivity contribution in [1.82, 2.24) is 0 Å². The summed E-state index contributed by atoms with van der Waals surface area (Å²) in [6, 6.07) is 0. The van der Waals surface area contributed by atoms with Crippen molar-refractivity contribution in [3.8, 4) is 0 Å². The van der Waals surface area contributed by atoms with E-state index < -0.39 is 17.5 Å². The molecular weight excluding hydrogens is 280 g/mol. The number of hydrogen-bond donors (Lipinski definition) is 1. The summed E-state index contributed by atoms with van der Waals surface area (Å²) in [6.07, 6.45) is 15.8. The Hall–Kier alpha value is -1.19. The van der Waals surface area contributed by atoms with E-state index in [-0.39, 0.29) is 6.42 Å². The van der Waals surface area contributed by atoms with Gasteiger partial charge in [-0.2, -0.15) is 0 Å². The first-order chi connectivity index (χ1) is 10.6. The molecule has 0 fully saturated rings. The Labute approximate surface area is 134 Å². The molecule has 4 heteroatoms. The number of carbonyl (C=O) groups is 3. The molecule has 0 aromatic heterocycles. The van der Waals surface area contributed by atoms with Gasteiger partial charge in [0.15, 0.2) is 0 Å². The fraction of sp³-hybridized carbons (Fsp3) is 0.833. The molecule has 0 aromatic rings. The first-order valence-corrected chi connectivity index (χ1v) is 8.90. The van der Waals surface area contributed by atoms with Crippen LogP contribution in [0.15, 0.2) is 0 Å². The van der Waals surface area contributed by atoms with Gasteiger partial charge in [0.1, 0.15) is 0 Å². The molecule has 0 rings (SSSR count). The number of Topliss-reactive ketones (excluding diaryl/α,β-unsaturated/α-hetero) is 2. The van der Waals surface area contributed by atoms with Crippen LogP contribution in [-0.4, -0.2) is 22.6 Å². The summed E-state index contributed by atoms with van der Waals surface area (Å²) in [7, 11) is 0. The van der Waals surface area contributed by atoms with Crippen molar-refractivity contribution in [3.05, 3.63) is 0 Å². The van der Waals surface area contributed by atoms with Gasteiger partial charge in [0, 0.05) is 6.42 Å². The van der Waals surface area contributed by atoms with E-state index >= 15 is 0 Å². The Bertz CT molecular complexity index is 323. The Balaban J connectivity index is 3.22. The molecule has 0 spiro atoms. The predicted molar refractivity (Wildman–Crippen MR) is 88.0 cm³/mol. The topological polar surface area (TPSA) is 71.4 Å². The van der Waals surface area contributed by atoms with Gasteiger partial charge in [-0.15, -0.1) is 0 Å². The third-order valence-electron chi connectivity index (χ3n) is 3.95. The second kappa shape index (κ2) is 14.7. The lowest BCUT2D eigenvalue weighted by atomic mass is 10.0. The summed E-state index contributed by atoms with van der Waals surface area (Å²) >= 11 is 0. The van der Waals surface area contributed by atoms with Crippen LogP contribution in [0.3, 0.4) is 0 Å². The second-order valence-electron chi connectivity index (χ2n) is 6.05. The summed E-state index contributed by atoms with van der Waals surface area (Å²) in [4.78, 5) is 32.3.